The molecule has 0 radical (unpaired) electrons. The summed E-state index contributed by atoms with van der Waals surface area (Å²) >= 11 is 7.46. The molecule has 2 aromatic carbocycles. The lowest BCUT2D eigenvalue weighted by Gasteiger charge is -2.20. The lowest BCUT2D eigenvalue weighted by Crippen LogP contribution is -2.32. The normalized spacial score (nSPS) is 10.7. The smallest absolute Gasteiger partial charge is 0.237 e. The Labute approximate surface area is 173 Å². The molecule has 1 heterocycles. The molecule has 0 fully saturated rings. The largest absolute Gasteiger partial charge is 0.484 e. The molecule has 6 nitrogen and oxygen atoms in total. The van der Waals surface area contributed by atoms with Crippen LogP contribution in [0.5, 0.6) is 5.75 Å². The number of amides is 1. The molecule has 0 N–H and O–H groups in total. The minimum atomic E-state index is 0.0237. The zero-order chi connectivity index (χ0) is 19.9. The Balaban J connectivity index is 1.59. The van der Waals surface area contributed by atoms with E-state index < -0.39 is 0 Å². The lowest BCUT2D eigenvalue weighted by molar-refractivity contribution is -0.116. The fraction of sp³-hybridized carbons (Fsp3) is 0.250. The summed E-state index contributed by atoms with van der Waals surface area (Å²) in [5.41, 5.74) is 0.891. The van der Waals surface area contributed by atoms with Crippen molar-refractivity contribution in [3.05, 3.63) is 65.4 Å². The van der Waals surface area contributed by atoms with Crippen molar-refractivity contribution in [1.29, 1.82) is 0 Å². The molecule has 28 heavy (non-hydrogen) atoms. The zero-order valence-corrected chi connectivity index (χ0v) is 17.3. The van der Waals surface area contributed by atoms with E-state index in [9.17, 15) is 4.79 Å². The summed E-state index contributed by atoms with van der Waals surface area (Å²) in [5, 5.41) is 9.54. The lowest BCUT2D eigenvalue weighted by atomic mass is 10.3. The Morgan fingerprint density at radius 1 is 1.14 bits per heavy atom. The van der Waals surface area contributed by atoms with Crippen LogP contribution in [0.15, 0.2) is 59.8 Å². The number of benzene rings is 2. The van der Waals surface area contributed by atoms with Crippen molar-refractivity contribution in [2.45, 2.75) is 18.7 Å². The van der Waals surface area contributed by atoms with E-state index in [1.165, 1.54) is 11.8 Å². The Kier molecular flexibility index (Phi) is 6.95. The van der Waals surface area contributed by atoms with Crippen molar-refractivity contribution in [3.63, 3.8) is 0 Å². The second-order valence-corrected chi connectivity index (χ2v) is 7.29. The fourth-order valence-electron chi connectivity index (χ4n) is 2.62. The number of rotatable bonds is 8. The predicted octanol–water partition coefficient (Wildman–Crippen LogP) is 4.19. The van der Waals surface area contributed by atoms with E-state index in [-0.39, 0.29) is 18.3 Å². The third-order valence-electron chi connectivity index (χ3n) is 4.13. The molecule has 3 aromatic rings. The molecule has 0 aliphatic carbocycles. The van der Waals surface area contributed by atoms with E-state index >= 15 is 0 Å². The number of ether oxygens (including phenoxy) is 1. The second-order valence-electron chi connectivity index (χ2n) is 5.94. The van der Waals surface area contributed by atoms with Gasteiger partial charge >= 0.3 is 0 Å². The number of hydrogen-bond acceptors (Lipinski definition) is 5. The molecule has 0 saturated heterocycles. The molecule has 0 unspecified atom stereocenters. The van der Waals surface area contributed by atoms with Crippen molar-refractivity contribution in [2.24, 2.45) is 7.05 Å². The molecule has 0 aliphatic rings. The zero-order valence-electron chi connectivity index (χ0n) is 15.7. The fourth-order valence-corrected chi connectivity index (χ4v) is 3.61. The van der Waals surface area contributed by atoms with Crippen LogP contribution in [0, 0.1) is 0 Å². The van der Waals surface area contributed by atoms with Crippen LogP contribution in [0.2, 0.25) is 5.02 Å². The van der Waals surface area contributed by atoms with Crippen LogP contribution in [0.4, 0.5) is 5.69 Å². The highest BCUT2D eigenvalue weighted by Gasteiger charge is 2.17. The molecule has 1 aromatic heterocycles. The van der Waals surface area contributed by atoms with Crippen molar-refractivity contribution >= 4 is 35.0 Å². The van der Waals surface area contributed by atoms with Gasteiger partial charge in [-0.25, -0.2) is 0 Å². The average Bonchev–Trinajstić information content (AvgIpc) is 3.07. The Morgan fingerprint density at radius 3 is 2.57 bits per heavy atom. The Bertz CT molecular complexity index is 933. The number of hydrogen-bond donors (Lipinski definition) is 0. The van der Waals surface area contributed by atoms with Gasteiger partial charge in [0.1, 0.15) is 12.4 Å². The number of carbonyl (C=O) groups excluding carboxylic acids is 1. The molecule has 0 atom stereocenters. The summed E-state index contributed by atoms with van der Waals surface area (Å²) in [6.45, 7) is 2.81. The van der Waals surface area contributed by atoms with Gasteiger partial charge in [-0.2, -0.15) is 0 Å². The van der Waals surface area contributed by atoms with E-state index in [1.807, 2.05) is 61.0 Å². The summed E-state index contributed by atoms with van der Waals surface area (Å²) in [6.07, 6.45) is 0. The van der Waals surface area contributed by atoms with E-state index in [4.69, 9.17) is 16.3 Å². The first kappa shape index (κ1) is 20.2. The molecule has 3 rings (SSSR count). The van der Waals surface area contributed by atoms with Gasteiger partial charge in [0, 0.05) is 19.3 Å². The molecule has 0 spiro atoms. The molecular formula is C20H21ClN4O2S. The van der Waals surface area contributed by atoms with Gasteiger partial charge in [0.05, 0.1) is 10.8 Å². The minimum Gasteiger partial charge on any atom is -0.484 e. The quantitative estimate of drug-likeness (QED) is 0.515. The molecule has 0 bridgehead atoms. The average molecular weight is 417 g/mol. The third-order valence-corrected chi connectivity index (χ3v) is 5.45. The summed E-state index contributed by atoms with van der Waals surface area (Å²) in [4.78, 5) is 14.4. The van der Waals surface area contributed by atoms with Crippen LogP contribution in [0.1, 0.15) is 12.7 Å². The molecule has 8 heteroatoms. The van der Waals surface area contributed by atoms with Crippen LogP contribution in [-0.2, 0) is 18.4 Å². The van der Waals surface area contributed by atoms with Gasteiger partial charge in [0.15, 0.2) is 11.0 Å². The van der Waals surface area contributed by atoms with E-state index in [1.54, 1.807) is 17.0 Å². The van der Waals surface area contributed by atoms with Gasteiger partial charge in [-0.05, 0) is 31.2 Å². The number of halogens is 1. The molecule has 146 valence electrons. The minimum absolute atomic E-state index is 0.0237. The van der Waals surface area contributed by atoms with Crippen LogP contribution in [0.3, 0.4) is 0 Å². The van der Waals surface area contributed by atoms with Crippen molar-refractivity contribution in [3.8, 4) is 5.75 Å². The highest BCUT2D eigenvalue weighted by molar-refractivity contribution is 7.99. The van der Waals surface area contributed by atoms with Crippen molar-refractivity contribution in [2.75, 3.05) is 17.2 Å². The maximum absolute atomic E-state index is 12.6. The molecule has 1 amide bonds. The number of carbonyl (C=O) groups is 1. The van der Waals surface area contributed by atoms with Gasteiger partial charge in [0.25, 0.3) is 0 Å². The predicted molar refractivity (Wildman–Crippen MR) is 112 cm³/mol. The number of aromatic nitrogens is 3. The highest BCUT2D eigenvalue weighted by Crippen LogP contribution is 2.24. The monoisotopic (exact) mass is 416 g/mol. The van der Waals surface area contributed by atoms with Crippen LogP contribution in [-0.4, -0.2) is 33.0 Å². The van der Waals surface area contributed by atoms with Gasteiger partial charge in [0.2, 0.25) is 5.91 Å². The highest BCUT2D eigenvalue weighted by atomic mass is 35.5. The first-order valence-corrected chi connectivity index (χ1v) is 10.2. The summed E-state index contributed by atoms with van der Waals surface area (Å²) in [7, 11) is 1.85. The Hall–Kier alpha value is -2.51. The third kappa shape index (κ3) is 4.85. The number of para-hydroxylation sites is 2. The topological polar surface area (TPSA) is 60.3 Å². The number of thioether (sulfide) groups is 1. The maximum atomic E-state index is 12.6. The molecular weight excluding hydrogens is 396 g/mol. The Morgan fingerprint density at radius 2 is 1.86 bits per heavy atom. The first-order valence-electron chi connectivity index (χ1n) is 8.84. The first-order chi connectivity index (χ1) is 13.6. The summed E-state index contributed by atoms with van der Waals surface area (Å²) in [6, 6.07) is 16.9. The van der Waals surface area contributed by atoms with Gasteiger partial charge < -0.3 is 14.2 Å². The maximum Gasteiger partial charge on any atom is 0.237 e. The van der Waals surface area contributed by atoms with Gasteiger partial charge in [-0.15, -0.1) is 10.2 Å². The standard InChI is InChI=1S/C20H21ClN4O2S/c1-3-25(15-9-5-4-6-10-15)19(26)14-28-20-23-22-18(24(20)2)13-27-17-12-8-7-11-16(17)21/h4-12H,3,13-14H2,1-2H3. The number of anilines is 1. The van der Waals surface area contributed by atoms with Gasteiger partial charge in [-0.1, -0.05) is 53.7 Å². The summed E-state index contributed by atoms with van der Waals surface area (Å²) < 4.78 is 7.54. The number of nitrogens with zero attached hydrogens (tertiary/aromatic N) is 4. The summed E-state index contributed by atoms with van der Waals surface area (Å²) in [5.74, 6) is 1.55. The van der Waals surface area contributed by atoms with Crippen molar-refractivity contribution < 1.29 is 9.53 Å². The van der Waals surface area contributed by atoms with E-state index in [0.717, 1.165) is 5.69 Å². The van der Waals surface area contributed by atoms with Crippen LogP contribution < -0.4 is 9.64 Å². The second kappa shape index (κ2) is 9.61. The SMILES string of the molecule is CCN(C(=O)CSc1nnc(COc2ccccc2Cl)n1C)c1ccccc1. The van der Waals surface area contributed by atoms with E-state index in [2.05, 4.69) is 10.2 Å². The van der Waals surface area contributed by atoms with E-state index in [0.29, 0.717) is 28.3 Å². The molecule has 0 saturated carbocycles. The van der Waals surface area contributed by atoms with Crippen LogP contribution >= 0.6 is 23.4 Å². The van der Waals surface area contributed by atoms with Crippen molar-refractivity contribution in [1.82, 2.24) is 14.8 Å². The van der Waals surface area contributed by atoms with Gasteiger partial charge in [-0.3, -0.25) is 4.79 Å². The molecule has 0 aliphatic heterocycles. The van der Waals surface area contributed by atoms with Crippen LogP contribution in [0.25, 0.3) is 0 Å².